The molecule has 0 aliphatic heterocycles. The molecule has 0 aliphatic carbocycles. The molecule has 0 fully saturated rings. The van der Waals surface area contributed by atoms with Crippen LogP contribution in [0.3, 0.4) is 0 Å². The third-order valence-electron chi connectivity index (χ3n) is 9.44. The maximum atomic E-state index is 5.23. The van der Waals surface area contributed by atoms with Gasteiger partial charge in [0.25, 0.3) is 0 Å². The molecule has 0 bridgehead atoms. The van der Waals surface area contributed by atoms with E-state index in [0.717, 1.165) is 76.7 Å². The van der Waals surface area contributed by atoms with Gasteiger partial charge in [-0.3, -0.25) is 15.0 Å². The lowest BCUT2D eigenvalue weighted by Gasteiger charge is -2.14. The van der Waals surface area contributed by atoms with Gasteiger partial charge >= 0.3 is 0 Å². The zero-order valence-electron chi connectivity index (χ0n) is 26.7. The van der Waals surface area contributed by atoms with Gasteiger partial charge in [0.2, 0.25) is 0 Å². The first-order valence-electron chi connectivity index (χ1n) is 16.5. The zero-order valence-corrected chi connectivity index (χ0v) is 26.7. The summed E-state index contributed by atoms with van der Waals surface area (Å²) in [6, 6.07) is 47.9. The summed E-state index contributed by atoms with van der Waals surface area (Å²) >= 11 is 0. The average molecular weight is 639 g/mol. The molecule has 6 nitrogen and oxygen atoms in total. The Bertz CT molecular complexity index is 2790. The number of benzene rings is 6. The van der Waals surface area contributed by atoms with Crippen LogP contribution in [0, 0.1) is 0 Å². The van der Waals surface area contributed by atoms with E-state index >= 15 is 0 Å². The quantitative estimate of drug-likeness (QED) is 0.179. The van der Waals surface area contributed by atoms with Crippen molar-refractivity contribution >= 4 is 54.1 Å². The topological polar surface area (TPSA) is 77.3 Å². The minimum absolute atomic E-state index is 0.575. The fourth-order valence-corrected chi connectivity index (χ4v) is 7.07. The van der Waals surface area contributed by atoms with Crippen molar-refractivity contribution in [2.75, 3.05) is 0 Å². The van der Waals surface area contributed by atoms with Gasteiger partial charge in [-0.2, -0.15) is 0 Å². The predicted molar refractivity (Wildman–Crippen MR) is 202 cm³/mol. The molecule has 0 atom stereocenters. The van der Waals surface area contributed by atoms with Crippen LogP contribution in [0.4, 0.5) is 0 Å². The summed E-state index contributed by atoms with van der Waals surface area (Å²) in [6.45, 7) is 0. The normalized spacial score (nSPS) is 11.6. The van der Waals surface area contributed by atoms with Gasteiger partial charge in [0.1, 0.15) is 0 Å². The van der Waals surface area contributed by atoms with Gasteiger partial charge in [-0.15, -0.1) is 0 Å². The molecule has 50 heavy (non-hydrogen) atoms. The van der Waals surface area contributed by atoms with E-state index in [2.05, 4.69) is 120 Å². The minimum atomic E-state index is 0.575. The fraction of sp³-hybridized carbons (Fsp3) is 0. The Kier molecular flexibility index (Phi) is 6.39. The molecule has 4 aromatic heterocycles. The fourth-order valence-electron chi connectivity index (χ4n) is 7.07. The number of fused-ring (bicyclic) bond motifs is 7. The summed E-state index contributed by atoms with van der Waals surface area (Å²) in [6.07, 6.45) is 5.47. The molecule has 0 unspecified atom stereocenters. The van der Waals surface area contributed by atoms with E-state index in [1.165, 1.54) is 5.39 Å². The van der Waals surface area contributed by atoms with Crippen LogP contribution in [0.25, 0.3) is 99.5 Å². The maximum Gasteiger partial charge on any atom is 0.164 e. The Morgan fingerprint density at radius 3 is 1.70 bits per heavy atom. The van der Waals surface area contributed by atoms with E-state index < -0.39 is 0 Å². The average Bonchev–Trinajstić information content (AvgIpc) is 3.20. The monoisotopic (exact) mass is 638 g/mol. The second kappa shape index (κ2) is 11.4. The summed E-state index contributed by atoms with van der Waals surface area (Å²) in [5.41, 5.74) is 6.34. The molecule has 0 saturated heterocycles. The first-order chi connectivity index (χ1) is 24.8. The van der Waals surface area contributed by atoms with Crippen molar-refractivity contribution in [3.05, 3.63) is 158 Å². The van der Waals surface area contributed by atoms with Crippen LogP contribution in [0.2, 0.25) is 0 Å². The van der Waals surface area contributed by atoms with Crippen molar-refractivity contribution < 1.29 is 0 Å². The molecule has 0 N–H and O–H groups in total. The lowest BCUT2D eigenvalue weighted by Crippen LogP contribution is -2.02. The van der Waals surface area contributed by atoms with Gasteiger partial charge < -0.3 is 0 Å². The summed E-state index contributed by atoms with van der Waals surface area (Å²) in [5.74, 6) is 1.77. The van der Waals surface area contributed by atoms with Gasteiger partial charge in [-0.05, 0) is 57.3 Å². The largest absolute Gasteiger partial charge is 0.256 e. The molecule has 232 valence electrons. The van der Waals surface area contributed by atoms with Crippen molar-refractivity contribution in [1.82, 2.24) is 29.9 Å². The molecule has 10 rings (SSSR count). The highest BCUT2D eigenvalue weighted by molar-refractivity contribution is 6.13. The predicted octanol–water partition coefficient (Wildman–Crippen LogP) is 10.5. The molecule has 0 amide bonds. The van der Waals surface area contributed by atoms with Crippen LogP contribution >= 0.6 is 0 Å². The van der Waals surface area contributed by atoms with Crippen LogP contribution in [-0.4, -0.2) is 29.9 Å². The van der Waals surface area contributed by atoms with Gasteiger partial charge in [0.15, 0.2) is 17.5 Å². The lowest BCUT2D eigenvalue weighted by molar-refractivity contribution is 1.08. The number of pyridine rings is 3. The van der Waals surface area contributed by atoms with Crippen LogP contribution in [-0.2, 0) is 0 Å². The summed E-state index contributed by atoms with van der Waals surface area (Å²) in [4.78, 5) is 29.7. The molecular weight excluding hydrogens is 613 g/mol. The first kappa shape index (κ1) is 28.1. The SMILES string of the molecule is c1ccc2c(-c3ccc(-c4nc(-c5cc6ccccc6c6ccccc56)nc(-c5cc6cccnc6c6ncccc56)n4)cc3)nccc2c1. The Morgan fingerprint density at radius 2 is 0.880 bits per heavy atom. The summed E-state index contributed by atoms with van der Waals surface area (Å²) in [5, 5.41) is 8.73. The standard InChI is InChI=1S/C44H26N6/c1-4-13-33-27(9-1)21-24-47-39(33)28-17-19-29(20-18-28)42-48-43(37-25-30-10-2-3-12-32(30)34-14-5-6-15-35(34)37)50-44(49-42)38-26-31-11-7-22-45-40(31)41-36(38)16-8-23-46-41/h1-26H. The molecule has 0 spiro atoms. The van der Waals surface area contributed by atoms with Gasteiger partial charge in [0.05, 0.1) is 16.7 Å². The van der Waals surface area contributed by atoms with Crippen molar-refractivity contribution in [2.45, 2.75) is 0 Å². The molecule has 6 aromatic carbocycles. The van der Waals surface area contributed by atoms with E-state index in [9.17, 15) is 0 Å². The highest BCUT2D eigenvalue weighted by Gasteiger charge is 2.19. The third kappa shape index (κ3) is 4.58. The summed E-state index contributed by atoms with van der Waals surface area (Å²) in [7, 11) is 0. The Morgan fingerprint density at radius 1 is 0.320 bits per heavy atom. The van der Waals surface area contributed by atoms with Crippen LogP contribution < -0.4 is 0 Å². The van der Waals surface area contributed by atoms with E-state index in [-0.39, 0.29) is 0 Å². The Hall–Kier alpha value is -6.92. The minimum Gasteiger partial charge on any atom is -0.256 e. The van der Waals surface area contributed by atoms with Gasteiger partial charge in [0, 0.05) is 57.0 Å². The number of rotatable bonds is 4. The van der Waals surface area contributed by atoms with E-state index in [1.807, 2.05) is 30.5 Å². The third-order valence-corrected chi connectivity index (χ3v) is 9.44. The second-order valence-electron chi connectivity index (χ2n) is 12.4. The molecule has 0 saturated carbocycles. The maximum absolute atomic E-state index is 5.23. The van der Waals surface area contributed by atoms with Gasteiger partial charge in [-0.25, -0.2) is 15.0 Å². The van der Waals surface area contributed by atoms with E-state index in [4.69, 9.17) is 24.9 Å². The second-order valence-corrected chi connectivity index (χ2v) is 12.4. The number of hydrogen-bond acceptors (Lipinski definition) is 6. The van der Waals surface area contributed by atoms with Crippen molar-refractivity contribution in [1.29, 1.82) is 0 Å². The van der Waals surface area contributed by atoms with Gasteiger partial charge in [-0.1, -0.05) is 109 Å². The molecular formula is C44H26N6. The molecule has 0 aliphatic rings. The Labute approximate surface area is 286 Å². The first-order valence-corrected chi connectivity index (χ1v) is 16.5. The van der Waals surface area contributed by atoms with Crippen molar-refractivity contribution in [3.63, 3.8) is 0 Å². The van der Waals surface area contributed by atoms with Crippen molar-refractivity contribution in [3.8, 4) is 45.4 Å². The number of nitrogens with zero attached hydrogens (tertiary/aromatic N) is 6. The highest BCUT2D eigenvalue weighted by Crippen LogP contribution is 2.37. The number of aromatic nitrogens is 6. The molecule has 10 aromatic rings. The number of hydrogen-bond donors (Lipinski definition) is 0. The van der Waals surface area contributed by atoms with Crippen LogP contribution in [0.5, 0.6) is 0 Å². The smallest absolute Gasteiger partial charge is 0.164 e. The summed E-state index contributed by atoms with van der Waals surface area (Å²) < 4.78 is 0. The highest BCUT2D eigenvalue weighted by atomic mass is 15.0. The van der Waals surface area contributed by atoms with E-state index in [0.29, 0.717) is 17.5 Å². The molecule has 4 heterocycles. The van der Waals surface area contributed by atoms with E-state index in [1.54, 1.807) is 12.4 Å². The van der Waals surface area contributed by atoms with Crippen molar-refractivity contribution in [2.24, 2.45) is 0 Å². The van der Waals surface area contributed by atoms with Crippen LogP contribution in [0.1, 0.15) is 0 Å². The Balaban J connectivity index is 1.22. The zero-order chi connectivity index (χ0) is 33.0. The molecule has 6 heteroatoms. The molecule has 0 radical (unpaired) electrons. The van der Waals surface area contributed by atoms with Crippen LogP contribution in [0.15, 0.2) is 158 Å². The lowest BCUT2D eigenvalue weighted by atomic mass is 9.96.